The summed E-state index contributed by atoms with van der Waals surface area (Å²) in [4.78, 5) is 31.5. The van der Waals surface area contributed by atoms with Crippen LogP contribution in [-0.2, 0) is 15.9 Å². The lowest BCUT2D eigenvalue weighted by Crippen LogP contribution is -2.57. The molecule has 0 radical (unpaired) electrons. The number of carbonyl (C=O) groups excluding carboxylic acids is 1. The third kappa shape index (κ3) is 7.62. The highest BCUT2D eigenvalue weighted by atomic mass is 19.1. The molecule has 5 atom stereocenters. The molecule has 11 nitrogen and oxygen atoms in total. The van der Waals surface area contributed by atoms with Crippen LogP contribution in [0.1, 0.15) is 89.7 Å². The minimum atomic E-state index is -0.970. The maximum Gasteiger partial charge on any atom is 0.410 e. The van der Waals surface area contributed by atoms with E-state index in [4.69, 9.17) is 28.9 Å². The van der Waals surface area contributed by atoms with E-state index in [1.165, 1.54) is 0 Å². The number of hydrogen-bond donors (Lipinski definition) is 1. The van der Waals surface area contributed by atoms with Crippen molar-refractivity contribution in [3.8, 4) is 23.0 Å². The number of benzene rings is 1. The second-order valence-corrected chi connectivity index (χ2v) is 15.8. The van der Waals surface area contributed by atoms with E-state index < -0.39 is 17.6 Å². The Morgan fingerprint density at radius 2 is 1.87 bits per heavy atom. The van der Waals surface area contributed by atoms with E-state index in [-0.39, 0.29) is 60.6 Å². The number of nitrogens with one attached hydrogen (secondary N) is 1. The first-order valence-corrected chi connectivity index (χ1v) is 18.9. The fourth-order valence-corrected chi connectivity index (χ4v) is 8.55. The molecule has 1 amide bonds. The quantitative estimate of drug-likeness (QED) is 0.233. The Hall–Kier alpha value is -3.84. The highest BCUT2D eigenvalue weighted by Gasteiger charge is 2.45. The number of hydrogen-bond acceptors (Lipinski definition) is 10. The van der Waals surface area contributed by atoms with Crippen LogP contribution in [-0.4, -0.2) is 96.5 Å². The fourth-order valence-electron chi connectivity index (χ4n) is 8.55. The van der Waals surface area contributed by atoms with Crippen LogP contribution in [0, 0.1) is 11.7 Å². The molecule has 2 bridgehead atoms. The highest BCUT2D eigenvalue weighted by molar-refractivity contribution is 5.92. The van der Waals surface area contributed by atoms with E-state index in [1.807, 2.05) is 37.8 Å². The van der Waals surface area contributed by atoms with Gasteiger partial charge in [-0.05, 0) is 114 Å². The zero-order valence-corrected chi connectivity index (χ0v) is 31.1. The molecule has 7 rings (SSSR count). The molecular weight excluding hydrogens is 670 g/mol. The van der Waals surface area contributed by atoms with Gasteiger partial charge in [-0.25, -0.2) is 13.6 Å². The molecule has 52 heavy (non-hydrogen) atoms. The van der Waals surface area contributed by atoms with Gasteiger partial charge in [0.05, 0.1) is 24.1 Å². The van der Waals surface area contributed by atoms with Gasteiger partial charge in [0, 0.05) is 38.5 Å². The van der Waals surface area contributed by atoms with E-state index in [1.54, 1.807) is 13.3 Å². The van der Waals surface area contributed by atoms with Gasteiger partial charge in [-0.1, -0.05) is 6.92 Å². The molecule has 5 heterocycles. The number of carbonyl (C=O) groups is 1. The summed E-state index contributed by atoms with van der Waals surface area (Å²) in [5, 5.41) is 3.62. The Morgan fingerprint density at radius 3 is 2.60 bits per heavy atom. The van der Waals surface area contributed by atoms with Crippen molar-refractivity contribution < 1.29 is 32.5 Å². The van der Waals surface area contributed by atoms with Gasteiger partial charge in [0.15, 0.2) is 12.6 Å². The van der Waals surface area contributed by atoms with E-state index >= 15 is 4.39 Å². The second kappa shape index (κ2) is 15.3. The number of aromatic nitrogens is 3. The number of piperazine rings is 1. The lowest BCUT2D eigenvalue weighted by Gasteiger charge is -2.42. The predicted molar refractivity (Wildman–Crippen MR) is 194 cm³/mol. The highest BCUT2D eigenvalue weighted by Crippen LogP contribution is 2.45. The van der Waals surface area contributed by atoms with Crippen LogP contribution < -0.4 is 19.7 Å². The molecule has 3 aliphatic heterocycles. The molecule has 1 N–H and O–H groups in total. The van der Waals surface area contributed by atoms with Crippen LogP contribution in [0.5, 0.6) is 11.8 Å². The first-order chi connectivity index (χ1) is 25.0. The number of alkyl halides is 1. The van der Waals surface area contributed by atoms with Crippen LogP contribution in [0.2, 0.25) is 0 Å². The Kier molecular flexibility index (Phi) is 10.7. The molecule has 1 aromatic carbocycles. The van der Waals surface area contributed by atoms with Crippen molar-refractivity contribution in [1.29, 1.82) is 0 Å². The number of anilines is 1. The number of fused-ring (bicyclic) bond motifs is 4. The molecule has 3 saturated heterocycles. The SMILES string of the molecule is CCC1CCc2cc(OCOC)cc(-c3ncc4c(N5CC6CCC(C5)N6C(=O)OC(C)(C)C)nc(OC[C@@H]5CCCNC[C@H](F)C5)nc4c3F)c21. The largest absolute Gasteiger partial charge is 0.468 e. The van der Waals surface area contributed by atoms with E-state index in [0.717, 1.165) is 62.6 Å². The molecule has 282 valence electrons. The zero-order valence-electron chi connectivity index (χ0n) is 31.1. The van der Waals surface area contributed by atoms with Crippen molar-refractivity contribution in [2.75, 3.05) is 51.6 Å². The number of pyridine rings is 1. The summed E-state index contributed by atoms with van der Waals surface area (Å²) < 4.78 is 54.8. The first kappa shape index (κ1) is 36.5. The molecule has 13 heteroatoms. The van der Waals surface area contributed by atoms with E-state index in [2.05, 4.69) is 22.1 Å². The first-order valence-electron chi connectivity index (χ1n) is 18.9. The number of methoxy groups -OCH3 is 1. The van der Waals surface area contributed by atoms with Crippen LogP contribution in [0.4, 0.5) is 19.4 Å². The molecular formula is C39H52F2N6O5. The minimum absolute atomic E-state index is 0.0192. The second-order valence-electron chi connectivity index (χ2n) is 15.8. The maximum atomic E-state index is 17.2. The van der Waals surface area contributed by atoms with Crippen LogP contribution in [0.25, 0.3) is 22.2 Å². The molecule has 0 saturated carbocycles. The van der Waals surface area contributed by atoms with Gasteiger partial charge in [-0.2, -0.15) is 9.97 Å². The fraction of sp³-hybridized carbons (Fsp3) is 0.641. The van der Waals surface area contributed by atoms with Crippen molar-refractivity contribution >= 4 is 22.8 Å². The summed E-state index contributed by atoms with van der Waals surface area (Å²) in [6.45, 7) is 10.1. The number of ether oxygens (including phenoxy) is 4. The number of nitrogens with zero attached hydrogens (tertiary/aromatic N) is 5. The molecule has 4 aliphatic rings. The standard InChI is InChI=1S/C39H52F2N6O5/c1-6-24-9-10-25-15-29(51-22-49-5)16-30(32(24)25)34-33(41)35-31(18-43-34)36(45-37(44-35)50-21-23-8-7-13-42-17-26(40)14-23)46-19-27-11-12-28(20-46)47(27)38(48)52-39(2,3)4/h15-16,18,23-24,26-28,42H,6-14,17,19-22H2,1-5H3/t23-,24?,26-,27?,28?/m1/s1. The van der Waals surface area contributed by atoms with Crippen molar-refractivity contribution in [2.24, 2.45) is 5.92 Å². The van der Waals surface area contributed by atoms with Gasteiger partial charge in [-0.3, -0.25) is 9.88 Å². The molecule has 2 aromatic heterocycles. The van der Waals surface area contributed by atoms with Gasteiger partial charge in [0.25, 0.3) is 0 Å². The molecule has 3 unspecified atom stereocenters. The summed E-state index contributed by atoms with van der Waals surface area (Å²) >= 11 is 0. The van der Waals surface area contributed by atoms with Gasteiger partial charge in [0.1, 0.15) is 34.6 Å². The Bertz CT molecular complexity index is 1760. The number of aryl methyl sites for hydroxylation is 1. The lowest BCUT2D eigenvalue weighted by atomic mass is 9.91. The van der Waals surface area contributed by atoms with Crippen LogP contribution in [0.3, 0.4) is 0 Å². The summed E-state index contributed by atoms with van der Waals surface area (Å²) in [5.41, 5.74) is 2.62. The number of halogens is 2. The van der Waals surface area contributed by atoms with Crippen LogP contribution in [0.15, 0.2) is 18.3 Å². The van der Waals surface area contributed by atoms with Gasteiger partial charge < -0.3 is 29.2 Å². The van der Waals surface area contributed by atoms with Crippen molar-refractivity contribution in [1.82, 2.24) is 25.2 Å². The molecule has 3 fully saturated rings. The summed E-state index contributed by atoms with van der Waals surface area (Å²) in [7, 11) is 1.57. The minimum Gasteiger partial charge on any atom is -0.468 e. The number of amides is 1. The van der Waals surface area contributed by atoms with Crippen molar-refractivity contribution in [3.63, 3.8) is 0 Å². The predicted octanol–water partition coefficient (Wildman–Crippen LogP) is 6.95. The van der Waals surface area contributed by atoms with Gasteiger partial charge >= 0.3 is 12.1 Å². The smallest absolute Gasteiger partial charge is 0.410 e. The van der Waals surface area contributed by atoms with Crippen molar-refractivity contribution in [2.45, 2.75) is 109 Å². The molecule has 1 aliphatic carbocycles. The van der Waals surface area contributed by atoms with Gasteiger partial charge in [-0.15, -0.1) is 0 Å². The monoisotopic (exact) mass is 722 g/mol. The average Bonchev–Trinajstić information content (AvgIpc) is 3.64. The summed E-state index contributed by atoms with van der Waals surface area (Å²) in [6, 6.07) is 3.75. The summed E-state index contributed by atoms with van der Waals surface area (Å²) in [5.74, 6) is 0.801. The van der Waals surface area contributed by atoms with E-state index in [9.17, 15) is 9.18 Å². The maximum absolute atomic E-state index is 17.2. The third-order valence-electron chi connectivity index (χ3n) is 10.9. The summed E-state index contributed by atoms with van der Waals surface area (Å²) in [6.07, 6.45) is 6.89. The van der Waals surface area contributed by atoms with E-state index in [0.29, 0.717) is 48.6 Å². The van der Waals surface area contributed by atoms with Crippen LogP contribution >= 0.6 is 0 Å². The Morgan fingerprint density at radius 1 is 1.08 bits per heavy atom. The Labute approximate surface area is 304 Å². The lowest BCUT2D eigenvalue weighted by molar-refractivity contribution is 0.0122. The number of rotatable bonds is 9. The average molecular weight is 723 g/mol. The van der Waals surface area contributed by atoms with Crippen molar-refractivity contribution in [3.05, 3.63) is 35.3 Å². The topological polar surface area (TPSA) is 111 Å². The zero-order chi connectivity index (χ0) is 36.6. The van der Waals surface area contributed by atoms with Gasteiger partial charge in [0.2, 0.25) is 0 Å². The molecule has 3 aromatic rings. The Balaban J connectivity index is 1.28. The normalized spacial score (nSPS) is 24.8. The molecule has 0 spiro atoms. The third-order valence-corrected chi connectivity index (χ3v) is 10.9.